The Morgan fingerprint density at radius 1 is 1.47 bits per heavy atom. The van der Waals surface area contributed by atoms with E-state index in [1.807, 2.05) is 6.92 Å². The average Bonchev–Trinajstić information content (AvgIpc) is 2.27. The molecule has 4 nitrogen and oxygen atoms in total. The molecule has 19 heavy (non-hydrogen) atoms. The summed E-state index contributed by atoms with van der Waals surface area (Å²) < 4.78 is 36.5. The van der Waals surface area contributed by atoms with Crippen LogP contribution in [0.25, 0.3) is 0 Å². The molecule has 1 aromatic rings. The van der Waals surface area contributed by atoms with Gasteiger partial charge in [-0.25, -0.2) is 4.98 Å². The molecule has 0 aliphatic carbocycles. The Morgan fingerprint density at radius 2 is 2.16 bits per heavy atom. The van der Waals surface area contributed by atoms with Crippen molar-refractivity contribution in [2.45, 2.75) is 32.5 Å². The highest BCUT2D eigenvalue weighted by Gasteiger charge is 2.30. The summed E-state index contributed by atoms with van der Waals surface area (Å²) in [5, 5.41) is 5.20. The molecule has 0 aliphatic rings. The fraction of sp³-hybridized carbons (Fsp3) is 0.500. The van der Waals surface area contributed by atoms with Crippen molar-refractivity contribution in [2.75, 3.05) is 11.9 Å². The number of rotatable bonds is 5. The molecular weight excluding hydrogens is 259 g/mol. The SMILES string of the molecule is CCNc1ncccc1C(=O)NC(C)CC(F)(F)F. The van der Waals surface area contributed by atoms with Crippen molar-refractivity contribution in [1.29, 1.82) is 0 Å². The van der Waals surface area contributed by atoms with Crippen LogP contribution < -0.4 is 10.6 Å². The number of halogens is 3. The topological polar surface area (TPSA) is 54.0 Å². The summed E-state index contributed by atoms with van der Waals surface area (Å²) in [5.41, 5.74) is 0.235. The second kappa shape index (κ2) is 6.40. The maximum atomic E-state index is 12.2. The number of nitrogens with zero attached hydrogens (tertiary/aromatic N) is 1. The summed E-state index contributed by atoms with van der Waals surface area (Å²) in [5.74, 6) is -0.206. The van der Waals surface area contributed by atoms with Crippen LogP contribution in [0.5, 0.6) is 0 Å². The largest absolute Gasteiger partial charge is 0.391 e. The predicted octanol–water partition coefficient (Wildman–Crippen LogP) is 2.58. The van der Waals surface area contributed by atoms with Gasteiger partial charge in [0.15, 0.2) is 0 Å². The van der Waals surface area contributed by atoms with E-state index in [-0.39, 0.29) is 5.56 Å². The van der Waals surface area contributed by atoms with E-state index in [1.54, 1.807) is 6.07 Å². The lowest BCUT2D eigenvalue weighted by Gasteiger charge is -2.16. The highest BCUT2D eigenvalue weighted by molar-refractivity contribution is 5.98. The van der Waals surface area contributed by atoms with E-state index in [4.69, 9.17) is 0 Å². The molecule has 1 atom stereocenters. The monoisotopic (exact) mass is 275 g/mol. The fourth-order valence-electron chi connectivity index (χ4n) is 1.60. The summed E-state index contributed by atoms with van der Waals surface area (Å²) in [6.45, 7) is 3.72. The first-order valence-electron chi connectivity index (χ1n) is 5.90. The number of alkyl halides is 3. The van der Waals surface area contributed by atoms with Gasteiger partial charge in [-0.15, -0.1) is 0 Å². The summed E-state index contributed by atoms with van der Waals surface area (Å²) in [7, 11) is 0. The lowest BCUT2D eigenvalue weighted by atomic mass is 10.2. The maximum Gasteiger partial charge on any atom is 0.391 e. The van der Waals surface area contributed by atoms with E-state index in [9.17, 15) is 18.0 Å². The van der Waals surface area contributed by atoms with E-state index in [1.165, 1.54) is 19.2 Å². The van der Waals surface area contributed by atoms with Crippen LogP contribution in [-0.2, 0) is 0 Å². The molecule has 1 heterocycles. The highest BCUT2D eigenvalue weighted by atomic mass is 19.4. The molecular formula is C12H16F3N3O. The Labute approximate surface area is 109 Å². The minimum Gasteiger partial charge on any atom is -0.370 e. The first-order chi connectivity index (χ1) is 8.83. The van der Waals surface area contributed by atoms with Gasteiger partial charge in [-0.05, 0) is 26.0 Å². The van der Waals surface area contributed by atoms with Gasteiger partial charge in [0.05, 0.1) is 12.0 Å². The highest BCUT2D eigenvalue weighted by Crippen LogP contribution is 2.21. The Hall–Kier alpha value is -1.79. The zero-order chi connectivity index (χ0) is 14.5. The molecule has 0 aliphatic heterocycles. The smallest absolute Gasteiger partial charge is 0.370 e. The fourth-order valence-corrected chi connectivity index (χ4v) is 1.60. The number of carbonyl (C=O) groups is 1. The van der Waals surface area contributed by atoms with Gasteiger partial charge in [0.25, 0.3) is 5.91 Å². The Morgan fingerprint density at radius 3 is 2.74 bits per heavy atom. The van der Waals surface area contributed by atoms with Crippen LogP contribution in [0.1, 0.15) is 30.6 Å². The average molecular weight is 275 g/mol. The molecule has 0 aromatic carbocycles. The van der Waals surface area contributed by atoms with Gasteiger partial charge in [0.1, 0.15) is 5.82 Å². The van der Waals surface area contributed by atoms with E-state index < -0.39 is 24.5 Å². The van der Waals surface area contributed by atoms with Crippen LogP contribution in [-0.4, -0.2) is 29.7 Å². The third-order valence-electron chi connectivity index (χ3n) is 2.31. The zero-order valence-electron chi connectivity index (χ0n) is 10.7. The number of hydrogen-bond donors (Lipinski definition) is 2. The van der Waals surface area contributed by atoms with Crippen LogP contribution in [0.15, 0.2) is 18.3 Å². The summed E-state index contributed by atoms with van der Waals surface area (Å²) >= 11 is 0. The van der Waals surface area contributed by atoms with Gasteiger partial charge in [-0.2, -0.15) is 13.2 Å². The van der Waals surface area contributed by atoms with Crippen LogP contribution in [0, 0.1) is 0 Å². The number of pyridine rings is 1. The maximum absolute atomic E-state index is 12.2. The van der Waals surface area contributed by atoms with Gasteiger partial charge in [0, 0.05) is 18.8 Å². The van der Waals surface area contributed by atoms with E-state index >= 15 is 0 Å². The van der Waals surface area contributed by atoms with Crippen LogP contribution in [0.3, 0.4) is 0 Å². The number of nitrogens with one attached hydrogen (secondary N) is 2. The number of amides is 1. The Bertz CT molecular complexity index is 434. The molecule has 1 unspecified atom stereocenters. The van der Waals surface area contributed by atoms with Crippen molar-refractivity contribution in [2.24, 2.45) is 0 Å². The lowest BCUT2D eigenvalue weighted by molar-refractivity contribution is -0.138. The molecule has 0 saturated heterocycles. The van der Waals surface area contributed by atoms with Crippen molar-refractivity contribution in [3.63, 3.8) is 0 Å². The second-order valence-corrected chi connectivity index (χ2v) is 4.12. The molecule has 0 fully saturated rings. The molecule has 0 radical (unpaired) electrons. The third-order valence-corrected chi connectivity index (χ3v) is 2.31. The number of aromatic nitrogens is 1. The van der Waals surface area contributed by atoms with Crippen molar-refractivity contribution in [3.05, 3.63) is 23.9 Å². The quantitative estimate of drug-likeness (QED) is 0.868. The van der Waals surface area contributed by atoms with Crippen LogP contribution in [0.2, 0.25) is 0 Å². The number of anilines is 1. The lowest BCUT2D eigenvalue weighted by Crippen LogP contribution is -2.36. The summed E-state index contributed by atoms with van der Waals surface area (Å²) in [6, 6.07) is 2.09. The summed E-state index contributed by atoms with van der Waals surface area (Å²) in [4.78, 5) is 15.9. The van der Waals surface area contributed by atoms with E-state index in [2.05, 4.69) is 15.6 Å². The summed E-state index contributed by atoms with van der Waals surface area (Å²) in [6.07, 6.45) is -3.85. The molecule has 0 bridgehead atoms. The Balaban J connectivity index is 2.73. The van der Waals surface area contributed by atoms with Gasteiger partial charge in [0.2, 0.25) is 0 Å². The van der Waals surface area contributed by atoms with Crippen LogP contribution in [0.4, 0.5) is 19.0 Å². The van der Waals surface area contributed by atoms with Crippen molar-refractivity contribution in [3.8, 4) is 0 Å². The van der Waals surface area contributed by atoms with Crippen molar-refractivity contribution >= 4 is 11.7 Å². The predicted molar refractivity (Wildman–Crippen MR) is 66.0 cm³/mol. The Kier molecular flexibility index (Phi) is 5.14. The number of carbonyl (C=O) groups excluding carboxylic acids is 1. The molecule has 7 heteroatoms. The minimum absolute atomic E-state index is 0.235. The second-order valence-electron chi connectivity index (χ2n) is 4.12. The van der Waals surface area contributed by atoms with Crippen molar-refractivity contribution in [1.82, 2.24) is 10.3 Å². The van der Waals surface area contributed by atoms with Gasteiger partial charge in [-0.1, -0.05) is 0 Å². The molecule has 0 saturated carbocycles. The third kappa shape index (κ3) is 5.15. The number of hydrogen-bond acceptors (Lipinski definition) is 3. The first kappa shape index (κ1) is 15.3. The molecule has 1 amide bonds. The molecule has 1 aromatic heterocycles. The van der Waals surface area contributed by atoms with Gasteiger partial charge < -0.3 is 10.6 Å². The molecule has 0 spiro atoms. The van der Waals surface area contributed by atoms with E-state index in [0.717, 1.165) is 0 Å². The molecule has 1 rings (SSSR count). The zero-order valence-corrected chi connectivity index (χ0v) is 10.7. The van der Waals surface area contributed by atoms with Gasteiger partial charge >= 0.3 is 6.18 Å². The van der Waals surface area contributed by atoms with Crippen LogP contribution >= 0.6 is 0 Å². The van der Waals surface area contributed by atoms with Crippen molar-refractivity contribution < 1.29 is 18.0 Å². The van der Waals surface area contributed by atoms with Gasteiger partial charge in [-0.3, -0.25) is 4.79 Å². The first-order valence-corrected chi connectivity index (χ1v) is 5.90. The van der Waals surface area contributed by atoms with E-state index in [0.29, 0.717) is 12.4 Å². The molecule has 2 N–H and O–H groups in total. The normalized spacial score (nSPS) is 12.9. The minimum atomic E-state index is -4.30. The standard InChI is InChI=1S/C12H16F3N3O/c1-3-16-10-9(5-4-6-17-10)11(19)18-8(2)7-12(13,14)15/h4-6,8H,3,7H2,1-2H3,(H,16,17)(H,18,19). The molecule has 106 valence electrons.